The molecule has 1 amide bonds. The van der Waals surface area contributed by atoms with E-state index in [-0.39, 0.29) is 22.2 Å². The lowest BCUT2D eigenvalue weighted by Gasteiger charge is -2.14. The van der Waals surface area contributed by atoms with E-state index in [9.17, 15) is 13.2 Å². The maximum absolute atomic E-state index is 12.7. The summed E-state index contributed by atoms with van der Waals surface area (Å²) in [4.78, 5) is 11.9. The zero-order valence-corrected chi connectivity index (χ0v) is 19.6. The third-order valence-corrected chi connectivity index (χ3v) is 6.00. The molecule has 31 heavy (non-hydrogen) atoms. The Balaban J connectivity index is 1.84. The van der Waals surface area contributed by atoms with Crippen LogP contribution >= 0.6 is 22.6 Å². The van der Waals surface area contributed by atoms with Crippen molar-refractivity contribution >= 4 is 44.8 Å². The SMILES string of the molecule is CCOc1cc(/C=N\NC(=O)c2ccco2)cc(I)c1OS(=O)(=O)c1ccc(C)cc1. The van der Waals surface area contributed by atoms with Crippen molar-refractivity contribution in [3.05, 3.63) is 75.3 Å². The molecule has 0 unspecified atom stereocenters. The first-order valence-corrected chi connectivity index (χ1v) is 11.6. The van der Waals surface area contributed by atoms with Crippen LogP contribution in [0.25, 0.3) is 0 Å². The topological polar surface area (TPSA) is 107 Å². The van der Waals surface area contributed by atoms with Gasteiger partial charge in [-0.25, -0.2) is 5.43 Å². The third-order valence-electron chi connectivity index (χ3n) is 3.96. The maximum Gasteiger partial charge on any atom is 0.339 e. The number of benzene rings is 2. The molecule has 1 heterocycles. The second kappa shape index (κ2) is 9.96. The number of carbonyl (C=O) groups excluding carboxylic acids is 1. The summed E-state index contributed by atoms with van der Waals surface area (Å²) in [5.41, 5.74) is 3.86. The van der Waals surface area contributed by atoms with E-state index >= 15 is 0 Å². The molecule has 0 aliphatic carbocycles. The number of ether oxygens (including phenoxy) is 1. The largest absolute Gasteiger partial charge is 0.490 e. The van der Waals surface area contributed by atoms with E-state index in [1.807, 2.05) is 29.5 Å². The van der Waals surface area contributed by atoms with Crippen LogP contribution in [0.4, 0.5) is 0 Å². The first-order chi connectivity index (χ1) is 14.8. The van der Waals surface area contributed by atoms with Crippen LogP contribution in [-0.4, -0.2) is 27.1 Å². The monoisotopic (exact) mass is 554 g/mol. The van der Waals surface area contributed by atoms with Gasteiger partial charge < -0.3 is 13.3 Å². The van der Waals surface area contributed by atoms with Gasteiger partial charge in [0.25, 0.3) is 0 Å². The summed E-state index contributed by atoms with van der Waals surface area (Å²) < 4.78 is 41.9. The van der Waals surface area contributed by atoms with Gasteiger partial charge in [-0.05, 0) is 78.4 Å². The van der Waals surface area contributed by atoms with Crippen LogP contribution in [0.1, 0.15) is 28.6 Å². The van der Waals surface area contributed by atoms with Gasteiger partial charge in [-0.15, -0.1) is 0 Å². The Morgan fingerprint density at radius 3 is 2.61 bits per heavy atom. The number of halogens is 1. The highest BCUT2D eigenvalue weighted by atomic mass is 127. The van der Waals surface area contributed by atoms with E-state index in [1.165, 1.54) is 30.7 Å². The summed E-state index contributed by atoms with van der Waals surface area (Å²) in [7, 11) is -4.05. The summed E-state index contributed by atoms with van der Waals surface area (Å²) in [6.45, 7) is 3.94. The third kappa shape index (κ3) is 5.85. The van der Waals surface area contributed by atoms with Crippen LogP contribution in [0, 0.1) is 10.5 Å². The zero-order valence-electron chi connectivity index (χ0n) is 16.7. The summed E-state index contributed by atoms with van der Waals surface area (Å²) in [5, 5.41) is 3.90. The fraction of sp³-hybridized carbons (Fsp3) is 0.143. The molecule has 8 nitrogen and oxygen atoms in total. The van der Waals surface area contributed by atoms with E-state index in [0.29, 0.717) is 15.7 Å². The number of furan rings is 1. The lowest BCUT2D eigenvalue weighted by Crippen LogP contribution is -2.16. The minimum absolute atomic E-state index is 0.0441. The average Bonchev–Trinajstić information content (AvgIpc) is 3.26. The minimum atomic E-state index is -4.05. The van der Waals surface area contributed by atoms with Crippen molar-refractivity contribution in [1.82, 2.24) is 5.43 Å². The molecular formula is C21H19IN2O6S. The Hall–Kier alpha value is -2.86. The first kappa shape index (κ1) is 22.8. The molecule has 0 aliphatic heterocycles. The van der Waals surface area contributed by atoms with Gasteiger partial charge in [0.1, 0.15) is 4.90 Å². The fourth-order valence-corrected chi connectivity index (χ4v) is 4.34. The van der Waals surface area contributed by atoms with Gasteiger partial charge in [-0.3, -0.25) is 4.79 Å². The van der Waals surface area contributed by atoms with Gasteiger partial charge in [-0.1, -0.05) is 17.7 Å². The number of hydrazone groups is 1. The Morgan fingerprint density at radius 2 is 1.97 bits per heavy atom. The molecule has 1 N–H and O–H groups in total. The van der Waals surface area contributed by atoms with Crippen molar-refractivity contribution in [3.63, 3.8) is 0 Å². The molecule has 0 fully saturated rings. The molecule has 10 heteroatoms. The minimum Gasteiger partial charge on any atom is -0.490 e. The summed E-state index contributed by atoms with van der Waals surface area (Å²) >= 11 is 1.96. The summed E-state index contributed by atoms with van der Waals surface area (Å²) in [5.74, 6) is -0.0411. The first-order valence-electron chi connectivity index (χ1n) is 9.14. The molecule has 0 atom stereocenters. The molecule has 0 saturated carbocycles. The van der Waals surface area contributed by atoms with Crippen LogP contribution in [0.15, 0.2) is 69.2 Å². The number of rotatable bonds is 8. The highest BCUT2D eigenvalue weighted by Crippen LogP contribution is 2.36. The summed E-state index contributed by atoms with van der Waals surface area (Å²) in [6, 6.07) is 12.7. The molecule has 0 spiro atoms. The summed E-state index contributed by atoms with van der Waals surface area (Å²) in [6.07, 6.45) is 2.79. The average molecular weight is 554 g/mol. The number of nitrogens with one attached hydrogen (secondary N) is 1. The van der Waals surface area contributed by atoms with Crippen LogP contribution in [0.2, 0.25) is 0 Å². The van der Waals surface area contributed by atoms with Gasteiger partial charge in [0.2, 0.25) is 0 Å². The Labute approximate surface area is 193 Å². The zero-order chi connectivity index (χ0) is 22.4. The van der Waals surface area contributed by atoms with Gasteiger partial charge in [0.15, 0.2) is 17.3 Å². The predicted molar refractivity (Wildman–Crippen MR) is 123 cm³/mol. The molecule has 0 saturated heterocycles. The van der Waals surface area contributed by atoms with Crippen LogP contribution < -0.4 is 14.3 Å². The molecule has 3 aromatic rings. The normalized spacial score (nSPS) is 11.5. The Bertz CT molecular complexity index is 1190. The van der Waals surface area contributed by atoms with Crippen molar-refractivity contribution in [3.8, 4) is 11.5 Å². The van der Waals surface area contributed by atoms with Crippen molar-refractivity contribution in [2.24, 2.45) is 5.10 Å². The Kier molecular flexibility index (Phi) is 7.33. The number of amides is 1. The highest BCUT2D eigenvalue weighted by Gasteiger charge is 2.22. The van der Waals surface area contributed by atoms with Crippen LogP contribution in [0.3, 0.4) is 0 Å². The van der Waals surface area contributed by atoms with E-state index in [0.717, 1.165) is 5.56 Å². The van der Waals surface area contributed by atoms with E-state index in [4.69, 9.17) is 13.3 Å². The lowest BCUT2D eigenvalue weighted by molar-refractivity contribution is 0.0927. The van der Waals surface area contributed by atoms with E-state index < -0.39 is 16.0 Å². The molecule has 2 aromatic carbocycles. The molecule has 3 rings (SSSR count). The number of hydrogen-bond acceptors (Lipinski definition) is 7. The van der Waals surface area contributed by atoms with Crippen molar-refractivity contribution in [2.75, 3.05) is 6.61 Å². The highest BCUT2D eigenvalue weighted by molar-refractivity contribution is 14.1. The number of hydrogen-bond donors (Lipinski definition) is 1. The van der Waals surface area contributed by atoms with Crippen molar-refractivity contribution in [2.45, 2.75) is 18.7 Å². The molecule has 0 bridgehead atoms. The van der Waals surface area contributed by atoms with Gasteiger partial charge in [-0.2, -0.15) is 13.5 Å². The van der Waals surface area contributed by atoms with Gasteiger partial charge >= 0.3 is 16.0 Å². The lowest BCUT2D eigenvalue weighted by atomic mass is 10.2. The Morgan fingerprint density at radius 1 is 1.23 bits per heavy atom. The molecular weight excluding hydrogens is 535 g/mol. The smallest absolute Gasteiger partial charge is 0.339 e. The number of aryl methyl sites for hydroxylation is 1. The van der Waals surface area contributed by atoms with Crippen molar-refractivity contribution in [1.29, 1.82) is 0 Å². The second-order valence-corrected chi connectivity index (χ2v) is 9.00. The molecule has 0 aliphatic rings. The number of carbonyl (C=O) groups is 1. The quantitative estimate of drug-likeness (QED) is 0.194. The maximum atomic E-state index is 12.7. The predicted octanol–water partition coefficient (Wildman–Crippen LogP) is 4.12. The van der Waals surface area contributed by atoms with E-state index in [2.05, 4.69) is 10.5 Å². The van der Waals surface area contributed by atoms with Crippen molar-refractivity contribution < 1.29 is 26.5 Å². The second-order valence-electron chi connectivity index (χ2n) is 6.29. The van der Waals surface area contributed by atoms with Crippen LogP contribution in [0.5, 0.6) is 11.5 Å². The van der Waals surface area contributed by atoms with Gasteiger partial charge in [0, 0.05) is 0 Å². The molecule has 0 radical (unpaired) electrons. The molecule has 1 aromatic heterocycles. The van der Waals surface area contributed by atoms with Gasteiger partial charge in [0.05, 0.1) is 22.7 Å². The standard InChI is InChI=1S/C21H19IN2O6S/c1-3-28-19-12-15(13-23-24-21(25)18-5-4-10-29-18)11-17(22)20(19)30-31(26,27)16-8-6-14(2)7-9-16/h4-13H,3H2,1-2H3,(H,24,25)/b23-13-. The van der Waals surface area contributed by atoms with Crippen LogP contribution in [-0.2, 0) is 10.1 Å². The molecule has 162 valence electrons. The fourth-order valence-electron chi connectivity index (χ4n) is 2.50. The number of nitrogens with zero attached hydrogens (tertiary/aromatic N) is 1. The van der Waals surface area contributed by atoms with E-state index in [1.54, 1.807) is 37.3 Å².